The van der Waals surface area contributed by atoms with E-state index in [1.54, 1.807) is 0 Å². The molecule has 2 aromatic rings. The average Bonchev–Trinajstić information content (AvgIpc) is 2.98. The Morgan fingerprint density at radius 1 is 1.48 bits per heavy atom. The summed E-state index contributed by atoms with van der Waals surface area (Å²) in [6.07, 6.45) is 1.63. The van der Waals surface area contributed by atoms with Crippen molar-refractivity contribution in [2.45, 2.75) is 6.42 Å². The number of aromatic nitrogens is 2. The van der Waals surface area contributed by atoms with Crippen LogP contribution in [-0.4, -0.2) is 34.3 Å². The van der Waals surface area contributed by atoms with Gasteiger partial charge in [-0.1, -0.05) is 17.0 Å². The van der Waals surface area contributed by atoms with Crippen LogP contribution in [0.3, 0.4) is 0 Å². The molecule has 21 heavy (non-hydrogen) atoms. The van der Waals surface area contributed by atoms with E-state index in [1.165, 1.54) is 18.5 Å². The molecule has 108 valence electrons. The molecule has 0 unspecified atom stereocenters. The Bertz CT molecular complexity index is 675. The molecule has 0 aliphatic heterocycles. The minimum Gasteiger partial charge on any atom is -0.384 e. The quantitative estimate of drug-likeness (QED) is 0.801. The van der Waals surface area contributed by atoms with Crippen molar-refractivity contribution in [3.05, 3.63) is 47.4 Å². The maximum atomic E-state index is 13.2. The van der Waals surface area contributed by atoms with Crippen LogP contribution in [0.15, 0.2) is 29.1 Å². The highest BCUT2D eigenvalue weighted by atomic mass is 19.1. The third-order valence-electron chi connectivity index (χ3n) is 2.57. The molecule has 0 bridgehead atoms. The highest BCUT2D eigenvalue weighted by molar-refractivity contribution is 5.96. The Hall–Kier alpha value is -2.72. The number of amides is 1. The molecule has 1 heterocycles. The number of rotatable bonds is 4. The summed E-state index contributed by atoms with van der Waals surface area (Å²) < 4.78 is 17.8. The lowest BCUT2D eigenvalue weighted by Crippen LogP contribution is -2.26. The fourth-order valence-electron chi connectivity index (χ4n) is 1.64. The molecule has 1 aromatic carbocycles. The lowest BCUT2D eigenvalue weighted by molar-refractivity contribution is 0.0953. The fraction of sp³-hybridized carbons (Fsp3) is 0.214. The van der Waals surface area contributed by atoms with Gasteiger partial charge in [0.05, 0.1) is 5.56 Å². The Kier molecular flexibility index (Phi) is 5.01. The zero-order valence-corrected chi connectivity index (χ0v) is 11.0. The first-order chi connectivity index (χ1) is 10.2. The van der Waals surface area contributed by atoms with Gasteiger partial charge in [-0.25, -0.2) is 4.39 Å². The molecular weight excluding hydrogens is 277 g/mol. The molecule has 0 saturated heterocycles. The minimum absolute atomic E-state index is 0.223. The summed E-state index contributed by atoms with van der Waals surface area (Å²) in [4.78, 5) is 15.9. The van der Waals surface area contributed by atoms with Gasteiger partial charge in [0.25, 0.3) is 5.91 Å². The number of aliphatic hydroxyl groups is 1. The molecular formula is C14H12FN3O3. The van der Waals surface area contributed by atoms with Crippen molar-refractivity contribution in [3.8, 4) is 11.8 Å². The molecule has 0 fully saturated rings. The Morgan fingerprint density at radius 3 is 3.05 bits per heavy atom. The number of carbonyl (C=O) groups is 1. The van der Waals surface area contributed by atoms with Gasteiger partial charge in [0, 0.05) is 18.5 Å². The Labute approximate surface area is 120 Å². The van der Waals surface area contributed by atoms with Crippen LogP contribution in [0.5, 0.6) is 0 Å². The van der Waals surface area contributed by atoms with Gasteiger partial charge in [-0.15, -0.1) is 0 Å². The van der Waals surface area contributed by atoms with Gasteiger partial charge in [0.1, 0.15) is 12.4 Å². The van der Waals surface area contributed by atoms with Gasteiger partial charge in [0.15, 0.2) is 5.82 Å². The van der Waals surface area contributed by atoms with Crippen molar-refractivity contribution in [2.75, 3.05) is 13.2 Å². The van der Waals surface area contributed by atoms with Gasteiger partial charge in [0.2, 0.25) is 6.39 Å². The summed E-state index contributed by atoms with van der Waals surface area (Å²) in [5.74, 6) is 4.53. The Morgan fingerprint density at radius 2 is 2.33 bits per heavy atom. The molecule has 7 heteroatoms. The summed E-state index contributed by atoms with van der Waals surface area (Å²) in [5, 5.41) is 15.0. The average molecular weight is 289 g/mol. The van der Waals surface area contributed by atoms with E-state index in [0.717, 1.165) is 6.07 Å². The van der Waals surface area contributed by atoms with Gasteiger partial charge in [-0.3, -0.25) is 4.79 Å². The molecule has 0 spiro atoms. The zero-order chi connectivity index (χ0) is 15.1. The third-order valence-corrected chi connectivity index (χ3v) is 2.57. The van der Waals surface area contributed by atoms with E-state index >= 15 is 0 Å². The number of halogens is 1. The van der Waals surface area contributed by atoms with Crippen molar-refractivity contribution >= 4 is 5.91 Å². The van der Waals surface area contributed by atoms with Crippen LogP contribution < -0.4 is 5.32 Å². The van der Waals surface area contributed by atoms with Crippen LogP contribution in [-0.2, 0) is 6.42 Å². The van der Waals surface area contributed by atoms with E-state index in [0.29, 0.717) is 18.8 Å². The van der Waals surface area contributed by atoms with Crippen LogP contribution in [0.25, 0.3) is 0 Å². The Balaban J connectivity index is 2.04. The number of hydrogen-bond acceptors (Lipinski definition) is 5. The van der Waals surface area contributed by atoms with Gasteiger partial charge in [-0.2, -0.15) is 4.98 Å². The summed E-state index contributed by atoms with van der Waals surface area (Å²) >= 11 is 0. The number of aliphatic hydroxyl groups excluding tert-OH is 1. The smallest absolute Gasteiger partial charge is 0.252 e. The molecule has 0 aliphatic rings. The second kappa shape index (κ2) is 7.17. The van der Waals surface area contributed by atoms with Gasteiger partial charge >= 0.3 is 0 Å². The molecule has 2 rings (SSSR count). The second-order valence-electron chi connectivity index (χ2n) is 4.00. The van der Waals surface area contributed by atoms with E-state index in [2.05, 4.69) is 31.8 Å². The lowest BCUT2D eigenvalue weighted by Gasteiger charge is -2.06. The molecule has 0 aliphatic carbocycles. The fourth-order valence-corrected chi connectivity index (χ4v) is 1.64. The van der Waals surface area contributed by atoms with Gasteiger partial charge < -0.3 is 14.9 Å². The van der Waals surface area contributed by atoms with E-state index in [-0.39, 0.29) is 23.6 Å². The third kappa shape index (κ3) is 4.12. The van der Waals surface area contributed by atoms with Crippen LogP contribution in [0.4, 0.5) is 4.39 Å². The van der Waals surface area contributed by atoms with E-state index in [9.17, 15) is 9.18 Å². The highest BCUT2D eigenvalue weighted by Gasteiger charge is 2.11. The monoisotopic (exact) mass is 289 g/mol. The standard InChI is InChI=1S/C14H12FN3O3/c15-11-3-4-12(10(8-11)2-1-7-19)14(20)16-6-5-13-17-9-21-18-13/h3-4,8-9,19H,5-7H2,(H,16,20). The second-order valence-corrected chi connectivity index (χ2v) is 4.00. The SMILES string of the molecule is O=C(NCCc1ncon1)c1ccc(F)cc1C#CCO. The summed E-state index contributed by atoms with van der Waals surface area (Å²) in [7, 11) is 0. The van der Waals surface area contributed by atoms with Crippen LogP contribution in [0, 0.1) is 17.7 Å². The van der Waals surface area contributed by atoms with Crippen molar-refractivity contribution < 1.29 is 18.8 Å². The first kappa shape index (κ1) is 14.7. The predicted molar refractivity (Wildman–Crippen MR) is 70.7 cm³/mol. The topological polar surface area (TPSA) is 88.3 Å². The number of hydrogen-bond donors (Lipinski definition) is 2. The van der Waals surface area contributed by atoms with E-state index < -0.39 is 5.82 Å². The summed E-state index contributed by atoms with van der Waals surface area (Å²) in [5.41, 5.74) is 0.464. The molecule has 2 N–H and O–H groups in total. The van der Waals surface area contributed by atoms with E-state index in [1.807, 2.05) is 0 Å². The summed E-state index contributed by atoms with van der Waals surface area (Å²) in [6.45, 7) is -0.0575. The highest BCUT2D eigenvalue weighted by Crippen LogP contribution is 2.10. The van der Waals surface area contributed by atoms with Crippen LogP contribution >= 0.6 is 0 Å². The maximum Gasteiger partial charge on any atom is 0.252 e. The first-order valence-electron chi connectivity index (χ1n) is 6.13. The molecule has 1 aromatic heterocycles. The van der Waals surface area contributed by atoms with Crippen molar-refractivity contribution in [3.63, 3.8) is 0 Å². The molecule has 1 amide bonds. The summed E-state index contributed by atoms with van der Waals surface area (Å²) in [6, 6.07) is 3.68. The molecule has 0 radical (unpaired) electrons. The first-order valence-corrected chi connectivity index (χ1v) is 6.13. The predicted octanol–water partition coefficient (Wildman–Crippen LogP) is 0.525. The molecule has 6 nitrogen and oxygen atoms in total. The van der Waals surface area contributed by atoms with Crippen molar-refractivity contribution in [2.24, 2.45) is 0 Å². The normalized spacial score (nSPS) is 9.81. The number of nitrogens with zero attached hydrogens (tertiary/aromatic N) is 2. The van der Waals surface area contributed by atoms with E-state index in [4.69, 9.17) is 5.11 Å². The minimum atomic E-state index is -0.499. The molecule has 0 saturated carbocycles. The maximum absolute atomic E-state index is 13.2. The van der Waals surface area contributed by atoms with Crippen molar-refractivity contribution in [1.29, 1.82) is 0 Å². The number of carbonyl (C=O) groups excluding carboxylic acids is 1. The van der Waals surface area contributed by atoms with Crippen molar-refractivity contribution in [1.82, 2.24) is 15.5 Å². The van der Waals surface area contributed by atoms with Gasteiger partial charge in [-0.05, 0) is 18.2 Å². The number of benzene rings is 1. The number of nitrogens with one attached hydrogen (secondary N) is 1. The van der Waals surface area contributed by atoms with Crippen LogP contribution in [0.2, 0.25) is 0 Å². The lowest BCUT2D eigenvalue weighted by atomic mass is 10.1. The molecule has 0 atom stereocenters. The van der Waals surface area contributed by atoms with Crippen LogP contribution in [0.1, 0.15) is 21.7 Å². The zero-order valence-electron chi connectivity index (χ0n) is 11.0. The largest absolute Gasteiger partial charge is 0.384 e.